The first-order valence-corrected chi connectivity index (χ1v) is 28.7. The van der Waals surface area contributed by atoms with Crippen LogP contribution in [0.15, 0.2) is 24.3 Å². The third-order valence-electron chi connectivity index (χ3n) is 12.1. The quantitative estimate of drug-likeness (QED) is 0.0205. The van der Waals surface area contributed by atoms with Crippen LogP contribution in [0.3, 0.4) is 0 Å². The summed E-state index contributed by atoms with van der Waals surface area (Å²) in [6, 6.07) is -0.846. The highest BCUT2D eigenvalue weighted by atomic mass is 31.2. The van der Waals surface area contributed by atoms with Crippen LogP contribution in [-0.4, -0.2) is 74.3 Å². The second kappa shape index (κ2) is 45.3. The lowest BCUT2D eigenvalue weighted by molar-refractivity contribution is -0.870. The van der Waals surface area contributed by atoms with Gasteiger partial charge in [-0.15, -0.1) is 0 Å². The molecule has 0 aromatic heterocycles. The van der Waals surface area contributed by atoms with Crippen LogP contribution < -0.4 is 5.32 Å². The molecule has 0 aromatic rings. The molecule has 0 saturated carbocycles. The predicted octanol–water partition coefficient (Wildman–Crippen LogP) is 15.8. The molecule has 0 saturated heterocycles. The average molecular weight is 926 g/mol. The molecule has 0 heterocycles. The summed E-state index contributed by atoms with van der Waals surface area (Å²) in [5.41, 5.74) is 0. The minimum absolute atomic E-state index is 0.0411. The Morgan fingerprint density at radius 2 is 0.906 bits per heavy atom. The van der Waals surface area contributed by atoms with E-state index in [2.05, 4.69) is 38.2 Å². The largest absolute Gasteiger partial charge is 0.472 e. The number of likely N-dealkylation sites (N-methyl/N-ethyl adjacent to an activating group) is 1. The second-order valence-corrected chi connectivity index (χ2v) is 21.2. The second-order valence-electron chi connectivity index (χ2n) is 19.8. The highest BCUT2D eigenvalue weighted by Crippen LogP contribution is 2.43. The number of quaternary nitrogens is 1. The summed E-state index contributed by atoms with van der Waals surface area (Å²) in [4.78, 5) is 37.4. The van der Waals surface area contributed by atoms with E-state index in [1.807, 2.05) is 33.3 Å². The fourth-order valence-electron chi connectivity index (χ4n) is 7.88. The van der Waals surface area contributed by atoms with Crippen molar-refractivity contribution in [1.29, 1.82) is 0 Å². The molecule has 3 unspecified atom stereocenters. The first-order valence-electron chi connectivity index (χ1n) is 27.2. The number of esters is 1. The Hall–Kier alpha value is -1.51. The molecule has 64 heavy (non-hydrogen) atoms. The van der Waals surface area contributed by atoms with Gasteiger partial charge in [-0.25, -0.2) is 4.57 Å². The van der Waals surface area contributed by atoms with E-state index in [1.54, 1.807) is 0 Å². The molecule has 1 amide bonds. The van der Waals surface area contributed by atoms with Gasteiger partial charge < -0.3 is 19.4 Å². The highest BCUT2D eigenvalue weighted by molar-refractivity contribution is 7.47. The van der Waals surface area contributed by atoms with Gasteiger partial charge in [0.15, 0.2) is 0 Å². The first kappa shape index (κ1) is 62.5. The van der Waals surface area contributed by atoms with Crippen molar-refractivity contribution in [3.63, 3.8) is 0 Å². The molecule has 2 N–H and O–H groups in total. The molecule has 9 nitrogen and oxygen atoms in total. The lowest BCUT2D eigenvalue weighted by Crippen LogP contribution is -2.47. The molecule has 0 aliphatic rings. The molecule has 0 fully saturated rings. The lowest BCUT2D eigenvalue weighted by atomic mass is 10.0. The molecule has 0 aliphatic carbocycles. The third-order valence-corrected chi connectivity index (χ3v) is 13.1. The number of phosphoric ester groups is 1. The van der Waals surface area contributed by atoms with Gasteiger partial charge >= 0.3 is 13.8 Å². The molecule has 10 heteroatoms. The van der Waals surface area contributed by atoms with Crippen LogP contribution in [0.4, 0.5) is 0 Å². The number of allylic oxidation sites excluding steroid dienone is 3. The SMILES string of the molecule is CCCCCCCCC/C=C\CCCCCC(=O)OC(/C=C/CCCCCCCCCCCCC)C(COP(=O)(O)OCC[N+](C)(C)C)NC(=O)CCCCCCCCCCCCC. The van der Waals surface area contributed by atoms with Crippen LogP contribution in [0, 0.1) is 0 Å². The standard InChI is InChI=1S/C54H105N2O7P/c1-7-10-13-16-19-22-25-27-29-32-35-38-41-44-47-54(58)63-52(45-42-39-36-33-31-28-26-23-20-17-14-11-8-2)51(50-62-64(59,60)61-49-48-56(4,5)6)55-53(57)46-43-40-37-34-30-24-21-18-15-12-9-3/h29,32,42,45,51-52H,7-28,30-31,33-41,43-44,46-50H2,1-6H3,(H-,55,57,59,60)/p+1/b32-29-,45-42+. The van der Waals surface area contributed by atoms with Crippen LogP contribution in [0.1, 0.15) is 258 Å². The number of amides is 1. The Balaban J connectivity index is 5.43. The number of rotatable bonds is 49. The van der Waals surface area contributed by atoms with Crippen LogP contribution in [-0.2, 0) is 27.9 Å². The minimum atomic E-state index is -4.43. The summed E-state index contributed by atoms with van der Waals surface area (Å²) in [5.74, 6) is -0.516. The van der Waals surface area contributed by atoms with Crippen LogP contribution in [0.25, 0.3) is 0 Å². The first-order chi connectivity index (χ1) is 30.9. The number of unbranched alkanes of at least 4 members (excludes halogenated alkanes) is 31. The Kier molecular flexibility index (Phi) is 44.2. The molecule has 3 atom stereocenters. The molecule has 378 valence electrons. The normalized spacial score (nSPS) is 14.0. The summed E-state index contributed by atoms with van der Waals surface area (Å²) in [6.45, 7) is 7.00. The molecule has 0 radical (unpaired) electrons. The molecule has 0 aromatic carbocycles. The number of ether oxygens (including phenoxy) is 1. The van der Waals surface area contributed by atoms with Crippen molar-refractivity contribution >= 4 is 19.7 Å². The summed E-state index contributed by atoms with van der Waals surface area (Å²) >= 11 is 0. The number of hydrogen-bond donors (Lipinski definition) is 2. The van der Waals surface area contributed by atoms with E-state index in [9.17, 15) is 19.0 Å². The Bertz CT molecular complexity index is 1160. The maximum atomic E-state index is 13.4. The topological polar surface area (TPSA) is 111 Å². The molecule has 0 spiro atoms. The van der Waals surface area contributed by atoms with Crippen molar-refractivity contribution in [1.82, 2.24) is 5.32 Å². The Labute approximate surface area is 396 Å². The van der Waals surface area contributed by atoms with Crippen molar-refractivity contribution in [3.05, 3.63) is 24.3 Å². The van der Waals surface area contributed by atoms with Crippen molar-refractivity contribution in [3.8, 4) is 0 Å². The average Bonchev–Trinajstić information content (AvgIpc) is 3.25. The Morgan fingerprint density at radius 1 is 0.531 bits per heavy atom. The van der Waals surface area contributed by atoms with Gasteiger partial charge in [-0.1, -0.05) is 212 Å². The van der Waals surface area contributed by atoms with Gasteiger partial charge in [0.05, 0.1) is 33.8 Å². The zero-order chi connectivity index (χ0) is 47.3. The van der Waals surface area contributed by atoms with Gasteiger partial charge in [-0.05, 0) is 57.4 Å². The van der Waals surface area contributed by atoms with E-state index < -0.39 is 20.0 Å². The van der Waals surface area contributed by atoms with E-state index in [-0.39, 0.29) is 31.5 Å². The number of phosphoric acid groups is 1. The molecule has 0 bridgehead atoms. The van der Waals surface area contributed by atoms with Gasteiger partial charge in [0, 0.05) is 12.8 Å². The van der Waals surface area contributed by atoms with Crippen LogP contribution >= 0.6 is 7.82 Å². The van der Waals surface area contributed by atoms with Crippen molar-refractivity contribution in [2.45, 2.75) is 270 Å². The van der Waals surface area contributed by atoms with Crippen LogP contribution in [0.5, 0.6) is 0 Å². The summed E-state index contributed by atoms with van der Waals surface area (Å²) in [7, 11) is 1.50. The smallest absolute Gasteiger partial charge is 0.456 e. The fourth-order valence-corrected chi connectivity index (χ4v) is 8.61. The summed E-state index contributed by atoms with van der Waals surface area (Å²) in [6.07, 6.45) is 50.2. The summed E-state index contributed by atoms with van der Waals surface area (Å²) < 4.78 is 30.5. The number of hydrogen-bond acceptors (Lipinski definition) is 6. The zero-order valence-corrected chi connectivity index (χ0v) is 43.9. The van der Waals surface area contributed by atoms with E-state index in [4.69, 9.17) is 13.8 Å². The number of carbonyl (C=O) groups is 2. The number of nitrogens with one attached hydrogen (secondary N) is 1. The van der Waals surface area contributed by atoms with Gasteiger partial charge in [-0.3, -0.25) is 18.6 Å². The fraction of sp³-hybridized carbons (Fsp3) is 0.889. The van der Waals surface area contributed by atoms with Crippen LogP contribution in [0.2, 0.25) is 0 Å². The maximum absolute atomic E-state index is 13.4. The molecular formula is C54H106N2O7P+. The van der Waals surface area contributed by atoms with Gasteiger partial charge in [0.1, 0.15) is 19.3 Å². The van der Waals surface area contributed by atoms with Gasteiger partial charge in [-0.2, -0.15) is 0 Å². The minimum Gasteiger partial charge on any atom is -0.456 e. The van der Waals surface area contributed by atoms with Crippen molar-refractivity contribution < 1.29 is 37.3 Å². The Morgan fingerprint density at radius 3 is 1.34 bits per heavy atom. The summed E-state index contributed by atoms with van der Waals surface area (Å²) in [5, 5.41) is 3.04. The third kappa shape index (κ3) is 45.6. The molecular weight excluding hydrogens is 820 g/mol. The van der Waals surface area contributed by atoms with Gasteiger partial charge in [0.25, 0.3) is 0 Å². The van der Waals surface area contributed by atoms with E-state index in [0.717, 1.165) is 70.6 Å². The number of nitrogens with zero attached hydrogens (tertiary/aromatic N) is 1. The van der Waals surface area contributed by atoms with E-state index >= 15 is 0 Å². The molecule has 0 rings (SSSR count). The van der Waals surface area contributed by atoms with Gasteiger partial charge in [0.2, 0.25) is 5.91 Å². The maximum Gasteiger partial charge on any atom is 0.472 e. The zero-order valence-electron chi connectivity index (χ0n) is 43.0. The van der Waals surface area contributed by atoms with E-state index in [0.29, 0.717) is 17.4 Å². The molecule has 0 aliphatic heterocycles. The predicted molar refractivity (Wildman–Crippen MR) is 273 cm³/mol. The number of carbonyl (C=O) groups excluding carboxylic acids is 2. The lowest BCUT2D eigenvalue weighted by Gasteiger charge is -2.27. The van der Waals surface area contributed by atoms with Crippen molar-refractivity contribution in [2.24, 2.45) is 0 Å². The highest BCUT2D eigenvalue weighted by Gasteiger charge is 2.30. The van der Waals surface area contributed by atoms with Crippen molar-refractivity contribution in [2.75, 3.05) is 40.9 Å². The monoisotopic (exact) mass is 926 g/mol. The van der Waals surface area contributed by atoms with E-state index in [1.165, 1.54) is 154 Å².